The molecule has 0 aromatic heterocycles. The van der Waals surface area contributed by atoms with Crippen LogP contribution in [0.5, 0.6) is 0 Å². The first-order valence-electron chi connectivity index (χ1n) is 11.8. The lowest BCUT2D eigenvalue weighted by molar-refractivity contribution is -0.145. The van der Waals surface area contributed by atoms with Gasteiger partial charge in [0, 0.05) is 61.3 Å². The van der Waals surface area contributed by atoms with Crippen molar-refractivity contribution in [2.75, 3.05) is 26.2 Å². The summed E-state index contributed by atoms with van der Waals surface area (Å²) in [4.78, 5) is 32.5. The fraction of sp³-hybridized carbons (Fsp3) is 0.462. The quantitative estimate of drug-likeness (QED) is 0.627. The molecule has 3 unspecified atom stereocenters. The van der Waals surface area contributed by atoms with Gasteiger partial charge in [-0.2, -0.15) is 0 Å². The Balaban J connectivity index is 1.25. The van der Waals surface area contributed by atoms with Gasteiger partial charge < -0.3 is 9.80 Å². The van der Waals surface area contributed by atoms with Crippen molar-refractivity contribution in [3.8, 4) is 0 Å². The molecule has 3 aliphatic rings. The number of rotatable bonds is 5. The smallest absolute Gasteiger partial charge is 0.245 e. The summed E-state index contributed by atoms with van der Waals surface area (Å²) in [6.45, 7) is 4.80. The molecule has 0 saturated carbocycles. The van der Waals surface area contributed by atoms with Crippen LogP contribution in [0.15, 0.2) is 48.5 Å². The van der Waals surface area contributed by atoms with E-state index in [0.29, 0.717) is 40.3 Å². The zero-order valence-corrected chi connectivity index (χ0v) is 20.1. The molecule has 7 heteroatoms. The second kappa shape index (κ2) is 9.65. The fourth-order valence-corrected chi connectivity index (χ4v) is 6.31. The Morgan fingerprint density at radius 1 is 0.879 bits per heavy atom. The first kappa shape index (κ1) is 22.7. The van der Waals surface area contributed by atoms with Crippen molar-refractivity contribution in [1.29, 1.82) is 0 Å². The summed E-state index contributed by atoms with van der Waals surface area (Å²) in [5.74, 6) is 1.04. The number of halogens is 2. The number of hydrogen-bond acceptors (Lipinski definition) is 3. The van der Waals surface area contributed by atoms with Crippen molar-refractivity contribution in [3.63, 3.8) is 0 Å². The molecule has 3 heterocycles. The molecule has 0 N–H and O–H groups in total. The minimum Gasteiger partial charge on any atom is -0.340 e. The maximum Gasteiger partial charge on any atom is 0.245 e. The molecule has 0 spiro atoms. The Morgan fingerprint density at radius 3 is 2.21 bits per heavy atom. The van der Waals surface area contributed by atoms with Gasteiger partial charge in [-0.3, -0.25) is 14.5 Å². The highest BCUT2D eigenvalue weighted by Crippen LogP contribution is 2.33. The third-order valence-corrected chi connectivity index (χ3v) is 7.93. The van der Waals surface area contributed by atoms with Crippen LogP contribution in [0.2, 0.25) is 10.0 Å². The minimum atomic E-state index is -0.427. The normalized spacial score (nSPS) is 25.5. The highest BCUT2D eigenvalue weighted by molar-refractivity contribution is 6.36. The Morgan fingerprint density at radius 2 is 1.55 bits per heavy atom. The Labute approximate surface area is 205 Å². The lowest BCUT2D eigenvalue weighted by atomic mass is 9.84. The lowest BCUT2D eigenvalue weighted by Gasteiger charge is -2.46. The van der Waals surface area contributed by atoms with Crippen molar-refractivity contribution in [3.05, 3.63) is 69.7 Å². The van der Waals surface area contributed by atoms with E-state index in [1.165, 1.54) is 12.0 Å². The number of fused-ring (bicyclic) bond motifs is 2. The Bertz CT molecular complexity index is 997. The number of amides is 2. The Kier molecular flexibility index (Phi) is 6.64. The van der Waals surface area contributed by atoms with Crippen LogP contribution >= 0.6 is 23.2 Å². The molecule has 0 radical (unpaired) electrons. The average molecular weight is 486 g/mol. The van der Waals surface area contributed by atoms with E-state index < -0.39 is 6.04 Å². The summed E-state index contributed by atoms with van der Waals surface area (Å²) in [6.07, 6.45) is 2.13. The average Bonchev–Trinajstić information content (AvgIpc) is 3.16. The number of carbonyl (C=O) groups excluding carboxylic acids is 2. The Hall–Kier alpha value is -2.08. The largest absolute Gasteiger partial charge is 0.340 e. The van der Waals surface area contributed by atoms with Gasteiger partial charge in [0.1, 0.15) is 6.04 Å². The highest BCUT2D eigenvalue weighted by atomic mass is 35.5. The van der Waals surface area contributed by atoms with Crippen LogP contribution < -0.4 is 0 Å². The van der Waals surface area contributed by atoms with Gasteiger partial charge in [0.2, 0.25) is 11.8 Å². The van der Waals surface area contributed by atoms with Gasteiger partial charge in [-0.05, 0) is 42.4 Å². The van der Waals surface area contributed by atoms with E-state index in [1.807, 2.05) is 4.90 Å². The summed E-state index contributed by atoms with van der Waals surface area (Å²) in [5.41, 5.74) is 2.05. The second-order valence-corrected chi connectivity index (χ2v) is 10.5. The van der Waals surface area contributed by atoms with Crippen molar-refractivity contribution < 1.29 is 9.59 Å². The van der Waals surface area contributed by atoms with E-state index in [1.54, 1.807) is 23.1 Å². The molecular weight excluding hydrogens is 457 g/mol. The number of hydrogen-bond donors (Lipinski definition) is 0. The molecule has 2 aromatic carbocycles. The standard InChI is InChI=1S/C26H29Cl2N3O2/c27-22-7-4-8-23(28)21(22)17-31-24(9-10-25(31)32)26(33)30-15-19-11-20(16-30)14-29(13-19)12-18-5-2-1-3-6-18/h1-8,19-20,24H,9-17H2. The summed E-state index contributed by atoms with van der Waals surface area (Å²) in [5, 5.41) is 1.05. The predicted octanol–water partition coefficient (Wildman–Crippen LogP) is 4.46. The van der Waals surface area contributed by atoms with Gasteiger partial charge in [-0.25, -0.2) is 0 Å². The van der Waals surface area contributed by atoms with E-state index in [4.69, 9.17) is 23.2 Å². The fourth-order valence-electron chi connectivity index (χ4n) is 5.79. The molecular formula is C26H29Cl2N3O2. The van der Waals surface area contributed by atoms with Gasteiger partial charge in [0.25, 0.3) is 0 Å². The predicted molar refractivity (Wildman–Crippen MR) is 130 cm³/mol. The summed E-state index contributed by atoms with van der Waals surface area (Å²) in [6, 6.07) is 15.5. The molecule has 2 aromatic rings. The maximum absolute atomic E-state index is 13.6. The molecule has 2 amide bonds. The van der Waals surface area contributed by atoms with Gasteiger partial charge in [-0.15, -0.1) is 0 Å². The summed E-state index contributed by atoms with van der Waals surface area (Å²) >= 11 is 12.7. The highest BCUT2D eigenvalue weighted by Gasteiger charge is 2.42. The van der Waals surface area contributed by atoms with Crippen LogP contribution in [-0.2, 0) is 22.7 Å². The second-order valence-electron chi connectivity index (χ2n) is 9.67. The first-order chi connectivity index (χ1) is 16.0. The van der Waals surface area contributed by atoms with Crippen molar-refractivity contribution in [1.82, 2.24) is 14.7 Å². The number of likely N-dealkylation sites (tertiary alicyclic amines) is 3. The molecule has 2 bridgehead atoms. The van der Waals surface area contributed by atoms with Gasteiger partial charge in [-0.1, -0.05) is 59.6 Å². The molecule has 33 heavy (non-hydrogen) atoms. The van der Waals surface area contributed by atoms with Gasteiger partial charge in [0.15, 0.2) is 0 Å². The molecule has 5 rings (SSSR count). The molecule has 0 aliphatic carbocycles. The molecule has 3 fully saturated rings. The third kappa shape index (κ3) is 4.91. The number of nitrogens with zero attached hydrogens (tertiary/aromatic N) is 3. The molecule has 3 atom stereocenters. The number of benzene rings is 2. The number of carbonyl (C=O) groups is 2. The van der Waals surface area contributed by atoms with E-state index in [9.17, 15) is 9.59 Å². The SMILES string of the molecule is O=C(C1CCC(=O)N1Cc1c(Cl)cccc1Cl)N1CC2CC(CN(Cc3ccccc3)C2)C1. The van der Waals surface area contributed by atoms with E-state index >= 15 is 0 Å². The molecule has 3 saturated heterocycles. The lowest BCUT2D eigenvalue weighted by Crippen LogP contribution is -2.57. The number of piperidine rings is 2. The van der Waals surface area contributed by atoms with Crippen LogP contribution in [0.4, 0.5) is 0 Å². The van der Waals surface area contributed by atoms with E-state index in [2.05, 4.69) is 35.2 Å². The molecule has 174 valence electrons. The van der Waals surface area contributed by atoms with Gasteiger partial charge >= 0.3 is 0 Å². The van der Waals surface area contributed by atoms with Crippen LogP contribution in [0.3, 0.4) is 0 Å². The van der Waals surface area contributed by atoms with E-state index in [0.717, 1.165) is 32.7 Å². The first-order valence-corrected chi connectivity index (χ1v) is 12.5. The maximum atomic E-state index is 13.6. The summed E-state index contributed by atoms with van der Waals surface area (Å²) < 4.78 is 0. The third-order valence-electron chi connectivity index (χ3n) is 7.22. The van der Waals surface area contributed by atoms with E-state index in [-0.39, 0.29) is 18.4 Å². The zero-order chi connectivity index (χ0) is 22.9. The van der Waals surface area contributed by atoms with Crippen LogP contribution in [0, 0.1) is 11.8 Å². The topological polar surface area (TPSA) is 43.9 Å². The van der Waals surface area contributed by atoms with Crippen molar-refractivity contribution in [2.45, 2.75) is 38.4 Å². The van der Waals surface area contributed by atoms with Crippen molar-refractivity contribution in [2.24, 2.45) is 11.8 Å². The van der Waals surface area contributed by atoms with Crippen LogP contribution in [0.1, 0.15) is 30.4 Å². The van der Waals surface area contributed by atoms with Crippen LogP contribution in [0.25, 0.3) is 0 Å². The zero-order valence-electron chi connectivity index (χ0n) is 18.6. The monoisotopic (exact) mass is 485 g/mol. The minimum absolute atomic E-state index is 0.00410. The molecule has 5 nitrogen and oxygen atoms in total. The van der Waals surface area contributed by atoms with Crippen LogP contribution in [-0.4, -0.2) is 58.7 Å². The van der Waals surface area contributed by atoms with Crippen molar-refractivity contribution >= 4 is 35.0 Å². The molecule has 3 aliphatic heterocycles. The summed E-state index contributed by atoms with van der Waals surface area (Å²) in [7, 11) is 0. The van der Waals surface area contributed by atoms with Gasteiger partial charge in [0.05, 0.1) is 0 Å².